The van der Waals surface area contributed by atoms with E-state index in [1.807, 2.05) is 13.0 Å². The number of carbonyl (C=O) groups is 2. The van der Waals surface area contributed by atoms with E-state index >= 15 is 0 Å². The number of rotatable bonds is 6. The molecule has 1 amide bonds. The first kappa shape index (κ1) is 20.4. The van der Waals surface area contributed by atoms with Crippen LogP contribution in [0.3, 0.4) is 0 Å². The average Bonchev–Trinajstić information content (AvgIpc) is 2.61. The summed E-state index contributed by atoms with van der Waals surface area (Å²) in [6, 6.07) is 11.0. The minimum atomic E-state index is -3.75. The SMILES string of the molecule is Cc1ccc(C)c(S(=O)(=O)Nc2ccc(C(=O)OCC(=O)N(C)C)cc2)c1. The van der Waals surface area contributed by atoms with E-state index in [9.17, 15) is 18.0 Å². The van der Waals surface area contributed by atoms with Gasteiger partial charge in [-0.15, -0.1) is 0 Å². The number of hydrogen-bond acceptors (Lipinski definition) is 5. The van der Waals surface area contributed by atoms with Crippen molar-refractivity contribution in [3.8, 4) is 0 Å². The zero-order valence-electron chi connectivity index (χ0n) is 15.6. The van der Waals surface area contributed by atoms with Crippen molar-refractivity contribution in [1.82, 2.24) is 4.90 Å². The molecule has 0 aliphatic carbocycles. The largest absolute Gasteiger partial charge is 0.452 e. The summed E-state index contributed by atoms with van der Waals surface area (Å²) in [7, 11) is -0.622. The van der Waals surface area contributed by atoms with Gasteiger partial charge in [-0.1, -0.05) is 12.1 Å². The van der Waals surface area contributed by atoms with E-state index in [-0.39, 0.29) is 23.0 Å². The number of aryl methyl sites for hydroxylation is 2. The van der Waals surface area contributed by atoms with Crippen LogP contribution in [0.2, 0.25) is 0 Å². The summed E-state index contributed by atoms with van der Waals surface area (Å²) in [5, 5.41) is 0. The Labute approximate surface area is 159 Å². The highest BCUT2D eigenvalue weighted by Gasteiger charge is 2.18. The molecule has 8 heteroatoms. The van der Waals surface area contributed by atoms with Crippen molar-refractivity contribution in [2.24, 2.45) is 0 Å². The molecule has 2 rings (SSSR count). The summed E-state index contributed by atoms with van der Waals surface area (Å²) in [5.41, 5.74) is 2.01. The number of amides is 1. The first-order valence-electron chi connectivity index (χ1n) is 8.17. The van der Waals surface area contributed by atoms with Crippen LogP contribution in [0.4, 0.5) is 5.69 Å². The summed E-state index contributed by atoms with van der Waals surface area (Å²) < 4.78 is 32.6. The van der Waals surface area contributed by atoms with Crippen LogP contribution in [-0.2, 0) is 19.6 Å². The molecule has 144 valence electrons. The fraction of sp³-hybridized carbons (Fsp3) is 0.263. The van der Waals surface area contributed by atoms with Gasteiger partial charge in [0, 0.05) is 19.8 Å². The van der Waals surface area contributed by atoms with Crippen LogP contribution < -0.4 is 4.72 Å². The third-order valence-corrected chi connectivity index (χ3v) is 5.35. The Kier molecular flexibility index (Phi) is 6.22. The zero-order valence-corrected chi connectivity index (χ0v) is 16.5. The number of nitrogens with one attached hydrogen (secondary N) is 1. The number of sulfonamides is 1. The quantitative estimate of drug-likeness (QED) is 0.765. The molecule has 1 N–H and O–H groups in total. The Morgan fingerprint density at radius 2 is 1.67 bits per heavy atom. The van der Waals surface area contributed by atoms with Gasteiger partial charge in [-0.2, -0.15) is 0 Å². The van der Waals surface area contributed by atoms with Gasteiger partial charge in [0.1, 0.15) is 0 Å². The molecule has 0 atom stereocenters. The summed E-state index contributed by atoms with van der Waals surface area (Å²) in [5.74, 6) is -0.990. The molecule has 0 spiro atoms. The van der Waals surface area contributed by atoms with E-state index < -0.39 is 16.0 Å². The molecule has 0 saturated heterocycles. The average molecular weight is 390 g/mol. The van der Waals surface area contributed by atoms with Crippen molar-refractivity contribution in [1.29, 1.82) is 0 Å². The van der Waals surface area contributed by atoms with Crippen LogP contribution in [0.15, 0.2) is 47.4 Å². The van der Waals surface area contributed by atoms with Crippen molar-refractivity contribution >= 4 is 27.6 Å². The third kappa shape index (κ3) is 5.30. The normalized spacial score (nSPS) is 11.0. The molecule has 0 heterocycles. The first-order chi connectivity index (χ1) is 12.6. The molecule has 2 aromatic rings. The lowest BCUT2D eigenvalue weighted by Gasteiger charge is -2.12. The molecule has 2 aromatic carbocycles. The maximum Gasteiger partial charge on any atom is 0.338 e. The maximum atomic E-state index is 12.6. The molecule has 0 bridgehead atoms. The standard InChI is InChI=1S/C19H22N2O5S/c1-13-5-6-14(2)17(11-13)27(24,25)20-16-9-7-15(8-10-16)19(23)26-12-18(22)21(3)4/h5-11,20H,12H2,1-4H3. The number of ether oxygens (including phenoxy) is 1. The summed E-state index contributed by atoms with van der Waals surface area (Å²) in [6.45, 7) is 3.19. The van der Waals surface area contributed by atoms with Crippen LogP contribution in [0, 0.1) is 13.8 Å². The lowest BCUT2D eigenvalue weighted by atomic mass is 10.2. The predicted octanol–water partition coefficient (Wildman–Crippen LogP) is 2.35. The summed E-state index contributed by atoms with van der Waals surface area (Å²) >= 11 is 0. The molecular formula is C19H22N2O5S. The number of esters is 1. The highest BCUT2D eigenvalue weighted by molar-refractivity contribution is 7.92. The molecule has 7 nitrogen and oxygen atoms in total. The molecule has 0 aromatic heterocycles. The van der Waals surface area contributed by atoms with Gasteiger partial charge >= 0.3 is 5.97 Å². The Morgan fingerprint density at radius 3 is 2.26 bits per heavy atom. The van der Waals surface area contributed by atoms with Gasteiger partial charge in [0.05, 0.1) is 10.5 Å². The lowest BCUT2D eigenvalue weighted by molar-refractivity contribution is -0.131. The number of carbonyl (C=O) groups excluding carboxylic acids is 2. The lowest BCUT2D eigenvalue weighted by Crippen LogP contribution is -2.27. The van der Waals surface area contributed by atoms with Crippen molar-refractivity contribution in [2.45, 2.75) is 18.7 Å². The number of likely N-dealkylation sites (N-methyl/N-ethyl adjacent to an activating group) is 1. The second-order valence-electron chi connectivity index (χ2n) is 6.32. The topological polar surface area (TPSA) is 92.8 Å². The third-order valence-electron chi connectivity index (χ3n) is 3.83. The molecule has 0 saturated carbocycles. The van der Waals surface area contributed by atoms with E-state index in [1.165, 1.54) is 29.2 Å². The minimum absolute atomic E-state index is 0.202. The zero-order chi connectivity index (χ0) is 20.2. The molecule has 0 aliphatic rings. The van der Waals surface area contributed by atoms with Crippen LogP contribution >= 0.6 is 0 Å². The van der Waals surface area contributed by atoms with E-state index in [0.29, 0.717) is 11.3 Å². The smallest absolute Gasteiger partial charge is 0.338 e. The van der Waals surface area contributed by atoms with Crippen molar-refractivity contribution in [3.63, 3.8) is 0 Å². The Morgan fingerprint density at radius 1 is 1.04 bits per heavy atom. The molecule has 0 aliphatic heterocycles. The molecular weight excluding hydrogens is 368 g/mol. The second-order valence-corrected chi connectivity index (χ2v) is 7.97. The van der Waals surface area contributed by atoms with Crippen LogP contribution in [0.1, 0.15) is 21.5 Å². The highest BCUT2D eigenvalue weighted by atomic mass is 32.2. The Hall–Kier alpha value is -2.87. The Balaban J connectivity index is 2.10. The van der Waals surface area contributed by atoms with Crippen LogP contribution in [0.5, 0.6) is 0 Å². The van der Waals surface area contributed by atoms with E-state index in [2.05, 4.69) is 4.72 Å². The predicted molar refractivity (Wildman–Crippen MR) is 102 cm³/mol. The number of hydrogen-bond donors (Lipinski definition) is 1. The summed E-state index contributed by atoms with van der Waals surface area (Å²) in [4.78, 5) is 24.9. The van der Waals surface area contributed by atoms with Gasteiger partial charge in [0.15, 0.2) is 6.61 Å². The number of anilines is 1. The van der Waals surface area contributed by atoms with E-state index in [4.69, 9.17) is 4.74 Å². The number of benzene rings is 2. The molecule has 0 unspecified atom stereocenters. The molecule has 27 heavy (non-hydrogen) atoms. The van der Waals surface area contributed by atoms with Crippen molar-refractivity contribution in [2.75, 3.05) is 25.4 Å². The number of nitrogens with zero attached hydrogens (tertiary/aromatic N) is 1. The first-order valence-corrected chi connectivity index (χ1v) is 9.66. The van der Waals surface area contributed by atoms with Crippen LogP contribution in [-0.4, -0.2) is 45.9 Å². The van der Waals surface area contributed by atoms with Crippen molar-refractivity contribution < 1.29 is 22.7 Å². The van der Waals surface area contributed by atoms with Crippen molar-refractivity contribution in [3.05, 3.63) is 59.2 Å². The fourth-order valence-electron chi connectivity index (χ4n) is 2.22. The second kappa shape index (κ2) is 8.22. The van der Waals surface area contributed by atoms with Gasteiger partial charge in [0.25, 0.3) is 15.9 Å². The van der Waals surface area contributed by atoms with E-state index in [0.717, 1.165) is 5.56 Å². The minimum Gasteiger partial charge on any atom is -0.452 e. The van der Waals surface area contributed by atoms with Gasteiger partial charge in [-0.3, -0.25) is 9.52 Å². The van der Waals surface area contributed by atoms with Gasteiger partial charge in [-0.25, -0.2) is 13.2 Å². The van der Waals surface area contributed by atoms with Gasteiger partial charge in [0.2, 0.25) is 0 Å². The Bertz CT molecular complexity index is 951. The highest BCUT2D eigenvalue weighted by Crippen LogP contribution is 2.21. The van der Waals surface area contributed by atoms with E-state index in [1.54, 1.807) is 33.2 Å². The van der Waals surface area contributed by atoms with Gasteiger partial charge in [-0.05, 0) is 55.3 Å². The fourth-order valence-corrected chi connectivity index (χ4v) is 3.61. The monoisotopic (exact) mass is 390 g/mol. The molecule has 0 fully saturated rings. The molecule has 0 radical (unpaired) electrons. The maximum absolute atomic E-state index is 12.6. The summed E-state index contributed by atoms with van der Waals surface area (Å²) in [6.07, 6.45) is 0. The van der Waals surface area contributed by atoms with Crippen LogP contribution in [0.25, 0.3) is 0 Å². The van der Waals surface area contributed by atoms with Gasteiger partial charge < -0.3 is 9.64 Å².